The lowest BCUT2D eigenvalue weighted by Crippen LogP contribution is -2.12. The van der Waals surface area contributed by atoms with E-state index in [1.54, 1.807) is 46.6 Å². The fourth-order valence-corrected chi connectivity index (χ4v) is 5.17. The molecule has 1 N–H and O–H groups in total. The largest absolute Gasteiger partial charge is 0.279 e. The van der Waals surface area contributed by atoms with Gasteiger partial charge in [0.05, 0.1) is 5.69 Å². The number of benzene rings is 1. The van der Waals surface area contributed by atoms with Crippen LogP contribution in [-0.2, 0) is 10.0 Å². The molecular weight excluding hydrogens is 374 g/mol. The Hall–Kier alpha value is -1.64. The maximum atomic E-state index is 12.2. The molecule has 0 aliphatic carbocycles. The summed E-state index contributed by atoms with van der Waals surface area (Å²) in [5.74, 6) is 0. The number of nitrogens with zero attached hydrogens (tertiary/aromatic N) is 2. The van der Waals surface area contributed by atoms with Gasteiger partial charge in [-0.2, -0.15) is 5.10 Å². The molecule has 0 aliphatic heterocycles. The van der Waals surface area contributed by atoms with Crippen LogP contribution in [0.25, 0.3) is 5.69 Å². The number of hydrogen-bond donors (Lipinski definition) is 1. The number of sulfonamides is 1. The quantitative estimate of drug-likeness (QED) is 0.749. The summed E-state index contributed by atoms with van der Waals surface area (Å²) in [4.78, 5) is 0. The molecule has 2 aromatic heterocycles. The van der Waals surface area contributed by atoms with Gasteiger partial charge in [-0.25, -0.2) is 13.1 Å². The van der Waals surface area contributed by atoms with Crippen LogP contribution in [0.3, 0.4) is 0 Å². The second-order valence-electron chi connectivity index (χ2n) is 4.16. The van der Waals surface area contributed by atoms with Gasteiger partial charge in [-0.1, -0.05) is 0 Å². The molecule has 0 atom stereocenters. The summed E-state index contributed by atoms with van der Waals surface area (Å²) >= 11 is 4.40. The third-order valence-corrected chi connectivity index (χ3v) is 6.77. The minimum atomic E-state index is -3.57. The van der Waals surface area contributed by atoms with E-state index in [-0.39, 0.29) is 4.21 Å². The topological polar surface area (TPSA) is 64.0 Å². The third kappa shape index (κ3) is 3.02. The number of rotatable bonds is 4. The van der Waals surface area contributed by atoms with Gasteiger partial charge in [0.2, 0.25) is 0 Å². The molecule has 5 nitrogen and oxygen atoms in total. The van der Waals surface area contributed by atoms with Gasteiger partial charge >= 0.3 is 0 Å². The second kappa shape index (κ2) is 5.63. The van der Waals surface area contributed by atoms with Crippen molar-refractivity contribution in [3.8, 4) is 5.69 Å². The lowest BCUT2D eigenvalue weighted by atomic mass is 10.3. The van der Waals surface area contributed by atoms with Gasteiger partial charge < -0.3 is 0 Å². The number of aromatic nitrogens is 2. The van der Waals surface area contributed by atoms with Crippen LogP contribution in [0.15, 0.2) is 62.9 Å². The molecule has 0 aliphatic rings. The number of halogens is 1. The lowest BCUT2D eigenvalue weighted by Gasteiger charge is -2.08. The van der Waals surface area contributed by atoms with E-state index in [9.17, 15) is 8.42 Å². The average Bonchev–Trinajstić information content (AvgIpc) is 3.10. The van der Waals surface area contributed by atoms with E-state index in [4.69, 9.17) is 0 Å². The summed E-state index contributed by atoms with van der Waals surface area (Å²) in [5, 5.41) is 5.84. The molecule has 0 saturated heterocycles. The van der Waals surface area contributed by atoms with Crippen molar-refractivity contribution in [2.75, 3.05) is 4.72 Å². The number of thiophene rings is 1. The predicted molar refractivity (Wildman–Crippen MR) is 86.4 cm³/mol. The van der Waals surface area contributed by atoms with Crippen molar-refractivity contribution in [3.05, 3.63) is 58.6 Å². The molecule has 0 saturated carbocycles. The van der Waals surface area contributed by atoms with E-state index in [2.05, 4.69) is 25.8 Å². The average molecular weight is 384 g/mol. The summed E-state index contributed by atoms with van der Waals surface area (Å²) in [6.45, 7) is 0. The normalized spacial score (nSPS) is 11.5. The van der Waals surface area contributed by atoms with Gasteiger partial charge in [0.15, 0.2) is 4.21 Å². The van der Waals surface area contributed by atoms with Crippen LogP contribution >= 0.6 is 27.3 Å². The van der Waals surface area contributed by atoms with Gasteiger partial charge in [0, 0.05) is 22.6 Å². The molecule has 1 aromatic carbocycles. The first-order valence-corrected chi connectivity index (χ1v) is 9.08. The number of hydrogen-bond acceptors (Lipinski definition) is 4. The fraction of sp³-hybridized carbons (Fsp3) is 0. The van der Waals surface area contributed by atoms with Gasteiger partial charge in [-0.05, 0) is 57.7 Å². The highest BCUT2D eigenvalue weighted by atomic mass is 79.9. The van der Waals surface area contributed by atoms with Crippen molar-refractivity contribution in [2.45, 2.75) is 4.21 Å². The zero-order valence-electron chi connectivity index (χ0n) is 10.6. The molecule has 3 rings (SSSR count). The van der Waals surface area contributed by atoms with Gasteiger partial charge in [-0.3, -0.25) is 4.72 Å². The predicted octanol–water partition coefficient (Wildman–Crippen LogP) is 3.50. The summed E-state index contributed by atoms with van der Waals surface area (Å²) in [6, 6.07) is 10.5. The fourth-order valence-electron chi connectivity index (χ4n) is 1.78. The van der Waals surface area contributed by atoms with E-state index in [0.717, 1.165) is 5.69 Å². The smallest absolute Gasteiger partial charge is 0.272 e. The first-order chi connectivity index (χ1) is 10.1. The van der Waals surface area contributed by atoms with Crippen LogP contribution in [0.4, 0.5) is 5.69 Å². The first-order valence-electron chi connectivity index (χ1n) is 5.92. The summed E-state index contributed by atoms with van der Waals surface area (Å²) < 4.78 is 29.6. The van der Waals surface area contributed by atoms with E-state index in [0.29, 0.717) is 10.2 Å². The van der Waals surface area contributed by atoms with Gasteiger partial charge in [-0.15, -0.1) is 11.3 Å². The first kappa shape index (κ1) is 14.3. The van der Waals surface area contributed by atoms with Crippen molar-refractivity contribution in [3.63, 3.8) is 0 Å². The van der Waals surface area contributed by atoms with E-state index < -0.39 is 10.0 Å². The van der Waals surface area contributed by atoms with Gasteiger partial charge in [0.25, 0.3) is 10.0 Å². The highest BCUT2D eigenvalue weighted by molar-refractivity contribution is 9.10. The molecule has 3 aromatic rings. The van der Waals surface area contributed by atoms with E-state index in [1.165, 1.54) is 11.3 Å². The van der Waals surface area contributed by atoms with Crippen molar-refractivity contribution >= 4 is 43.0 Å². The SMILES string of the molecule is O=S(=O)(Nc1ccc(-n2cccn2)cc1)c1sccc1Br. The Morgan fingerprint density at radius 3 is 2.52 bits per heavy atom. The van der Waals surface area contributed by atoms with E-state index in [1.807, 2.05) is 12.3 Å². The molecule has 21 heavy (non-hydrogen) atoms. The molecule has 0 amide bonds. The Morgan fingerprint density at radius 2 is 1.95 bits per heavy atom. The maximum Gasteiger partial charge on any atom is 0.272 e. The molecule has 108 valence electrons. The molecule has 0 spiro atoms. The Labute approximate surface area is 134 Å². The molecular formula is C13H10BrN3O2S2. The second-order valence-corrected chi connectivity index (χ2v) is 7.81. The molecule has 0 fully saturated rings. The Morgan fingerprint density at radius 1 is 1.19 bits per heavy atom. The third-order valence-electron chi connectivity index (χ3n) is 2.72. The van der Waals surface area contributed by atoms with Crippen LogP contribution in [-0.4, -0.2) is 18.2 Å². The van der Waals surface area contributed by atoms with Crippen LogP contribution in [0.5, 0.6) is 0 Å². The Balaban J connectivity index is 1.84. The summed E-state index contributed by atoms with van der Waals surface area (Å²) in [7, 11) is -3.57. The highest BCUT2D eigenvalue weighted by Gasteiger charge is 2.19. The summed E-state index contributed by atoms with van der Waals surface area (Å²) in [5.41, 5.74) is 1.37. The van der Waals surface area contributed by atoms with Crippen LogP contribution in [0.2, 0.25) is 0 Å². The standard InChI is InChI=1S/C13H10BrN3O2S2/c14-12-6-9-20-13(12)21(18,19)16-10-2-4-11(5-3-10)17-8-1-7-15-17/h1-9,16H. The minimum Gasteiger partial charge on any atom is -0.279 e. The van der Waals surface area contributed by atoms with Gasteiger partial charge in [0.1, 0.15) is 0 Å². The van der Waals surface area contributed by atoms with Crippen molar-refractivity contribution in [1.29, 1.82) is 0 Å². The molecule has 2 heterocycles. The van der Waals surface area contributed by atoms with Crippen molar-refractivity contribution < 1.29 is 8.42 Å². The Kier molecular flexibility index (Phi) is 3.83. The zero-order chi connectivity index (χ0) is 14.9. The molecule has 0 radical (unpaired) electrons. The number of nitrogens with one attached hydrogen (secondary N) is 1. The Bertz CT molecular complexity index is 840. The molecule has 0 bridgehead atoms. The summed E-state index contributed by atoms with van der Waals surface area (Å²) in [6.07, 6.45) is 3.51. The highest BCUT2D eigenvalue weighted by Crippen LogP contribution is 2.29. The minimum absolute atomic E-state index is 0.263. The van der Waals surface area contributed by atoms with Crippen LogP contribution in [0.1, 0.15) is 0 Å². The van der Waals surface area contributed by atoms with E-state index >= 15 is 0 Å². The monoisotopic (exact) mass is 383 g/mol. The maximum absolute atomic E-state index is 12.2. The zero-order valence-corrected chi connectivity index (χ0v) is 13.8. The lowest BCUT2D eigenvalue weighted by molar-refractivity contribution is 0.603. The van der Waals surface area contributed by atoms with Crippen LogP contribution in [0, 0.1) is 0 Å². The molecule has 0 unspecified atom stereocenters. The van der Waals surface area contributed by atoms with Crippen molar-refractivity contribution in [2.24, 2.45) is 0 Å². The number of anilines is 1. The van der Waals surface area contributed by atoms with Crippen molar-refractivity contribution in [1.82, 2.24) is 9.78 Å². The van der Waals surface area contributed by atoms with Crippen LogP contribution < -0.4 is 4.72 Å². The molecule has 8 heteroatoms.